The third-order valence-electron chi connectivity index (χ3n) is 6.82. The second-order valence-electron chi connectivity index (χ2n) is 9.76. The first-order chi connectivity index (χ1) is 17.8. The molecule has 0 spiro atoms. The van der Waals surface area contributed by atoms with E-state index in [1.807, 2.05) is 6.92 Å². The zero-order chi connectivity index (χ0) is 26.4. The third kappa shape index (κ3) is 6.93. The number of benzene rings is 2. The smallest absolute Gasteiger partial charge is 0.267 e. The molecule has 0 aromatic heterocycles. The molecule has 4 rings (SSSR count). The largest absolute Gasteiger partial charge is 0.497 e. The van der Waals surface area contributed by atoms with Gasteiger partial charge in [-0.1, -0.05) is 26.2 Å². The van der Waals surface area contributed by atoms with Gasteiger partial charge < -0.3 is 30.0 Å². The first kappa shape index (κ1) is 26.8. The highest BCUT2D eigenvalue weighted by molar-refractivity contribution is 6.03. The summed E-state index contributed by atoms with van der Waals surface area (Å²) in [6, 6.07) is 10.5. The minimum Gasteiger partial charge on any atom is -0.497 e. The molecule has 2 aromatic rings. The lowest BCUT2D eigenvalue weighted by atomic mass is 9.88. The van der Waals surface area contributed by atoms with Gasteiger partial charge in [0, 0.05) is 24.8 Å². The van der Waals surface area contributed by atoms with Crippen molar-refractivity contribution >= 4 is 23.2 Å². The van der Waals surface area contributed by atoms with Crippen molar-refractivity contribution in [2.24, 2.45) is 5.92 Å². The van der Waals surface area contributed by atoms with Crippen molar-refractivity contribution in [2.45, 2.75) is 77.4 Å². The van der Waals surface area contributed by atoms with Gasteiger partial charge in [0.15, 0.2) is 6.23 Å². The van der Waals surface area contributed by atoms with E-state index in [0.717, 1.165) is 31.2 Å². The van der Waals surface area contributed by atoms with Crippen LogP contribution in [0.4, 0.5) is 11.4 Å². The van der Waals surface area contributed by atoms with E-state index in [1.54, 1.807) is 43.5 Å². The maximum Gasteiger partial charge on any atom is 0.267 e. The molecule has 2 aromatic carbocycles. The first-order valence-electron chi connectivity index (χ1n) is 13.0. The van der Waals surface area contributed by atoms with Gasteiger partial charge in [-0.05, 0) is 62.1 Å². The molecular weight excluding hydrogens is 474 g/mol. The Balaban J connectivity index is 1.48. The molecule has 0 bridgehead atoms. The van der Waals surface area contributed by atoms with E-state index in [4.69, 9.17) is 14.2 Å². The summed E-state index contributed by atoms with van der Waals surface area (Å²) in [7, 11) is 1.58. The fraction of sp³-hybridized carbons (Fsp3) is 0.500. The highest BCUT2D eigenvalue weighted by Gasteiger charge is 2.30. The van der Waals surface area contributed by atoms with Crippen LogP contribution in [0.2, 0.25) is 0 Å². The van der Waals surface area contributed by atoms with E-state index in [2.05, 4.69) is 16.0 Å². The van der Waals surface area contributed by atoms with Crippen LogP contribution in [0.5, 0.6) is 17.2 Å². The number of hydrogen-bond donors (Lipinski definition) is 4. The van der Waals surface area contributed by atoms with Crippen LogP contribution < -0.4 is 30.2 Å². The number of nitrogens with one attached hydrogen (secondary N) is 3. The Morgan fingerprint density at radius 3 is 2.49 bits per heavy atom. The topological polar surface area (TPSA) is 118 Å². The van der Waals surface area contributed by atoms with Crippen LogP contribution in [0.1, 0.15) is 64.4 Å². The number of methoxy groups -OCH3 is 1. The maximum absolute atomic E-state index is 12.9. The molecule has 2 atom stereocenters. The number of carbonyl (C=O) groups is 2. The molecule has 2 aliphatic rings. The minimum absolute atomic E-state index is 0.00113. The molecule has 1 aliphatic carbocycles. The number of amides is 2. The number of anilines is 2. The predicted molar refractivity (Wildman–Crippen MR) is 141 cm³/mol. The average Bonchev–Trinajstić information content (AvgIpc) is 2.90. The summed E-state index contributed by atoms with van der Waals surface area (Å²) >= 11 is 0. The summed E-state index contributed by atoms with van der Waals surface area (Å²) in [5.41, 5.74) is 1.98. The van der Waals surface area contributed by atoms with Crippen LogP contribution >= 0.6 is 0 Å². The second kappa shape index (κ2) is 11.8. The lowest BCUT2D eigenvalue weighted by Gasteiger charge is -2.32. The normalized spacial score (nSPS) is 18.1. The lowest BCUT2D eigenvalue weighted by Crippen LogP contribution is -2.54. The van der Waals surface area contributed by atoms with Crippen LogP contribution in [0.25, 0.3) is 0 Å². The first-order valence-corrected chi connectivity index (χ1v) is 13.0. The highest BCUT2D eigenvalue weighted by Crippen LogP contribution is 2.38. The molecule has 1 fully saturated rings. The van der Waals surface area contributed by atoms with E-state index < -0.39 is 12.1 Å². The second-order valence-corrected chi connectivity index (χ2v) is 9.76. The molecule has 2 amide bonds. The standard InChI is InChI=1S/C28H37N3O6/c1-4-25(31-28(2,34)37-20-12-10-19(35-3)11-13-20)36-23-16-15-22(26-21(23)14-17-24(32)30-26)29-27(33)18-8-6-5-7-9-18/h10-13,15-16,18,25,31,34H,4-9,14,17H2,1-3H3,(H,29,33)(H,30,32). The van der Waals surface area contributed by atoms with Crippen LogP contribution in [-0.2, 0) is 16.0 Å². The Morgan fingerprint density at radius 2 is 1.81 bits per heavy atom. The van der Waals surface area contributed by atoms with Crippen LogP contribution in [0, 0.1) is 5.92 Å². The fourth-order valence-electron chi connectivity index (χ4n) is 4.84. The van der Waals surface area contributed by atoms with Crippen molar-refractivity contribution in [3.05, 3.63) is 42.0 Å². The Bertz CT molecular complexity index is 1100. The van der Waals surface area contributed by atoms with Gasteiger partial charge in [0.05, 0.1) is 18.5 Å². The zero-order valence-electron chi connectivity index (χ0n) is 21.8. The molecule has 4 N–H and O–H groups in total. The molecule has 1 saturated carbocycles. The van der Waals surface area contributed by atoms with Crippen molar-refractivity contribution in [3.63, 3.8) is 0 Å². The van der Waals surface area contributed by atoms with Crippen molar-refractivity contribution in [1.29, 1.82) is 0 Å². The Morgan fingerprint density at radius 1 is 1.11 bits per heavy atom. The van der Waals surface area contributed by atoms with E-state index in [0.29, 0.717) is 47.9 Å². The summed E-state index contributed by atoms with van der Waals surface area (Å²) in [5, 5.41) is 19.8. The Kier molecular flexibility index (Phi) is 8.56. The fourth-order valence-corrected chi connectivity index (χ4v) is 4.84. The van der Waals surface area contributed by atoms with E-state index in [9.17, 15) is 14.7 Å². The molecule has 0 saturated heterocycles. The van der Waals surface area contributed by atoms with Gasteiger partial charge in [-0.2, -0.15) is 0 Å². The quantitative estimate of drug-likeness (QED) is 0.346. The van der Waals surface area contributed by atoms with E-state index in [-0.39, 0.29) is 17.7 Å². The monoisotopic (exact) mass is 511 g/mol. The average molecular weight is 512 g/mol. The lowest BCUT2D eigenvalue weighted by molar-refractivity contribution is -0.168. The summed E-state index contributed by atoms with van der Waals surface area (Å²) in [5.74, 6) is -0.0888. The molecule has 2 unspecified atom stereocenters. The summed E-state index contributed by atoms with van der Waals surface area (Å²) < 4.78 is 17.1. The number of fused-ring (bicyclic) bond motifs is 1. The van der Waals surface area contributed by atoms with Crippen molar-refractivity contribution in [2.75, 3.05) is 17.7 Å². The summed E-state index contributed by atoms with van der Waals surface area (Å²) in [6.45, 7) is 3.43. The summed E-state index contributed by atoms with van der Waals surface area (Å²) in [4.78, 5) is 25.1. The molecule has 1 heterocycles. The van der Waals surface area contributed by atoms with Gasteiger partial charge >= 0.3 is 0 Å². The van der Waals surface area contributed by atoms with Crippen LogP contribution in [-0.4, -0.2) is 36.2 Å². The van der Waals surface area contributed by atoms with Gasteiger partial charge in [-0.3, -0.25) is 9.59 Å². The van der Waals surface area contributed by atoms with Crippen molar-refractivity contribution < 1.29 is 28.9 Å². The Labute approximate surface area is 217 Å². The molecule has 37 heavy (non-hydrogen) atoms. The molecule has 200 valence electrons. The predicted octanol–water partition coefficient (Wildman–Crippen LogP) is 4.55. The molecule has 0 radical (unpaired) electrons. The third-order valence-corrected chi connectivity index (χ3v) is 6.82. The van der Waals surface area contributed by atoms with Crippen LogP contribution in [0.15, 0.2) is 36.4 Å². The van der Waals surface area contributed by atoms with E-state index in [1.165, 1.54) is 13.3 Å². The number of rotatable bonds is 10. The number of aliphatic hydroxyl groups is 1. The van der Waals surface area contributed by atoms with Gasteiger partial charge in [0.2, 0.25) is 11.8 Å². The van der Waals surface area contributed by atoms with Gasteiger partial charge in [0.25, 0.3) is 5.91 Å². The summed E-state index contributed by atoms with van der Waals surface area (Å²) in [6.07, 6.45) is 5.85. The number of carbonyl (C=O) groups excluding carboxylic acids is 2. The molecule has 9 nitrogen and oxygen atoms in total. The maximum atomic E-state index is 12.9. The molecule has 1 aliphatic heterocycles. The van der Waals surface area contributed by atoms with Crippen molar-refractivity contribution in [1.82, 2.24) is 5.32 Å². The van der Waals surface area contributed by atoms with Gasteiger partial charge in [0.1, 0.15) is 17.2 Å². The minimum atomic E-state index is -1.71. The Hall–Kier alpha value is -3.30. The highest BCUT2D eigenvalue weighted by atomic mass is 16.6. The number of hydrogen-bond acceptors (Lipinski definition) is 7. The molecular formula is C28H37N3O6. The van der Waals surface area contributed by atoms with Crippen molar-refractivity contribution in [3.8, 4) is 17.2 Å². The number of ether oxygens (including phenoxy) is 3. The van der Waals surface area contributed by atoms with Gasteiger partial charge in [-0.25, -0.2) is 5.32 Å². The SMILES string of the molecule is CCC(NC(C)(O)Oc1ccc(OC)cc1)Oc1ccc(NC(=O)C2CCCCC2)c2c1CCC(=O)N2. The van der Waals surface area contributed by atoms with Crippen LogP contribution in [0.3, 0.4) is 0 Å². The zero-order valence-corrected chi connectivity index (χ0v) is 21.8. The molecule has 9 heteroatoms. The van der Waals surface area contributed by atoms with E-state index >= 15 is 0 Å². The van der Waals surface area contributed by atoms with Gasteiger partial charge in [-0.15, -0.1) is 0 Å².